The number of anilines is 1. The minimum Gasteiger partial charge on any atom is -0.379 e. The van der Waals surface area contributed by atoms with E-state index in [0.717, 1.165) is 68.6 Å². The highest BCUT2D eigenvalue weighted by Gasteiger charge is 2.36. The first kappa shape index (κ1) is 23.8. The summed E-state index contributed by atoms with van der Waals surface area (Å²) < 4.78 is 6.53. The number of hydrogen-bond acceptors (Lipinski definition) is 7. The maximum atomic E-state index is 13.4. The van der Waals surface area contributed by atoms with E-state index in [1.54, 1.807) is 30.0 Å². The molecule has 32 heavy (non-hydrogen) atoms. The molecule has 10 heteroatoms. The maximum Gasteiger partial charge on any atom is 0.324 e. The van der Waals surface area contributed by atoms with Gasteiger partial charge in [-0.3, -0.25) is 15.0 Å². The van der Waals surface area contributed by atoms with Crippen LogP contribution in [0.2, 0.25) is 0 Å². The van der Waals surface area contributed by atoms with Crippen LogP contribution in [0.25, 0.3) is 0 Å². The minimum absolute atomic E-state index is 0.0634. The lowest BCUT2D eigenvalue weighted by Gasteiger charge is -2.38. The zero-order valence-corrected chi connectivity index (χ0v) is 20.6. The normalized spacial score (nSPS) is 22.8. The highest BCUT2D eigenvalue weighted by atomic mass is 32.2. The summed E-state index contributed by atoms with van der Waals surface area (Å²) in [6.07, 6.45) is 8.38. The van der Waals surface area contributed by atoms with Crippen molar-refractivity contribution in [3.05, 3.63) is 6.20 Å². The SMILES string of the molecule is CC(=O)N1CC[C@@H](N(C(=O)Nc2ncc(SCCN3CCOCC3)s2)C2CCCCC2)C1. The Hall–Kier alpha value is -1.36. The number of likely N-dealkylation sites (tertiary alicyclic amines) is 1. The first-order chi connectivity index (χ1) is 15.6. The second-order valence-electron chi connectivity index (χ2n) is 8.82. The van der Waals surface area contributed by atoms with Gasteiger partial charge < -0.3 is 14.5 Å². The zero-order valence-electron chi connectivity index (χ0n) is 19.0. The van der Waals surface area contributed by atoms with E-state index in [9.17, 15) is 9.59 Å². The number of nitrogens with one attached hydrogen (secondary N) is 1. The Balaban J connectivity index is 1.32. The molecule has 1 aliphatic carbocycles. The molecular formula is C22H35N5O3S2. The third-order valence-electron chi connectivity index (χ3n) is 6.66. The van der Waals surface area contributed by atoms with E-state index in [1.807, 2.05) is 16.0 Å². The van der Waals surface area contributed by atoms with Crippen LogP contribution in [0.5, 0.6) is 0 Å². The highest BCUT2D eigenvalue weighted by molar-refractivity contribution is 8.01. The molecule has 4 rings (SSSR count). The lowest BCUT2D eigenvalue weighted by atomic mass is 9.93. The second kappa shape index (κ2) is 11.7. The van der Waals surface area contributed by atoms with E-state index >= 15 is 0 Å². The fourth-order valence-corrected chi connectivity index (χ4v) is 6.82. The summed E-state index contributed by atoms with van der Waals surface area (Å²) in [4.78, 5) is 36.0. The van der Waals surface area contributed by atoms with E-state index in [-0.39, 0.29) is 24.0 Å². The predicted molar refractivity (Wildman–Crippen MR) is 128 cm³/mol. The molecule has 3 fully saturated rings. The molecule has 8 nitrogen and oxygen atoms in total. The van der Waals surface area contributed by atoms with Crippen LogP contribution in [0.4, 0.5) is 9.93 Å². The van der Waals surface area contributed by atoms with E-state index in [0.29, 0.717) is 11.7 Å². The van der Waals surface area contributed by atoms with Crippen molar-refractivity contribution in [3.8, 4) is 0 Å². The fourth-order valence-electron chi connectivity index (χ4n) is 4.88. The molecule has 3 heterocycles. The molecule has 0 spiro atoms. The maximum absolute atomic E-state index is 13.4. The number of thiazole rings is 1. The molecule has 0 unspecified atom stereocenters. The molecule has 0 aromatic carbocycles. The Morgan fingerprint density at radius 2 is 1.97 bits per heavy atom. The Morgan fingerprint density at radius 3 is 2.69 bits per heavy atom. The molecule has 2 saturated heterocycles. The number of morpholine rings is 1. The van der Waals surface area contributed by atoms with Crippen LogP contribution >= 0.6 is 23.1 Å². The summed E-state index contributed by atoms with van der Waals surface area (Å²) in [7, 11) is 0. The van der Waals surface area contributed by atoms with Crippen molar-refractivity contribution in [2.45, 2.75) is 61.7 Å². The number of aromatic nitrogens is 1. The Morgan fingerprint density at radius 1 is 1.19 bits per heavy atom. The van der Waals surface area contributed by atoms with E-state index < -0.39 is 0 Å². The molecule has 3 aliphatic rings. The highest BCUT2D eigenvalue weighted by Crippen LogP contribution is 2.31. The smallest absolute Gasteiger partial charge is 0.324 e. The number of hydrogen-bond donors (Lipinski definition) is 1. The van der Waals surface area contributed by atoms with Crippen LogP contribution in [-0.4, -0.2) is 95.4 Å². The van der Waals surface area contributed by atoms with Crippen LogP contribution in [-0.2, 0) is 9.53 Å². The van der Waals surface area contributed by atoms with Gasteiger partial charge in [0.25, 0.3) is 0 Å². The number of nitrogens with zero attached hydrogens (tertiary/aromatic N) is 4. The van der Waals surface area contributed by atoms with Gasteiger partial charge in [-0.15, -0.1) is 11.8 Å². The lowest BCUT2D eigenvalue weighted by Crippen LogP contribution is -2.51. The van der Waals surface area contributed by atoms with Gasteiger partial charge in [-0.2, -0.15) is 0 Å². The monoisotopic (exact) mass is 481 g/mol. The first-order valence-electron chi connectivity index (χ1n) is 11.8. The summed E-state index contributed by atoms with van der Waals surface area (Å²) in [5.41, 5.74) is 0. The average Bonchev–Trinajstić information content (AvgIpc) is 3.46. The number of carbonyl (C=O) groups is 2. The minimum atomic E-state index is -0.0634. The fraction of sp³-hybridized carbons (Fsp3) is 0.773. The van der Waals surface area contributed by atoms with Gasteiger partial charge in [-0.1, -0.05) is 30.6 Å². The topological polar surface area (TPSA) is 78.0 Å². The van der Waals surface area contributed by atoms with Gasteiger partial charge in [0.15, 0.2) is 5.13 Å². The van der Waals surface area contributed by atoms with Crippen LogP contribution < -0.4 is 5.32 Å². The van der Waals surface area contributed by atoms with Gasteiger partial charge in [0.2, 0.25) is 5.91 Å². The molecule has 1 atom stereocenters. The Kier molecular flexibility index (Phi) is 8.68. The van der Waals surface area contributed by atoms with Crippen molar-refractivity contribution in [2.24, 2.45) is 0 Å². The van der Waals surface area contributed by atoms with Crippen molar-refractivity contribution in [2.75, 3.05) is 57.0 Å². The van der Waals surface area contributed by atoms with Crippen LogP contribution in [0.15, 0.2) is 10.4 Å². The van der Waals surface area contributed by atoms with Crippen LogP contribution in [0, 0.1) is 0 Å². The molecule has 0 bridgehead atoms. The van der Waals surface area contributed by atoms with Gasteiger partial charge in [0.1, 0.15) is 0 Å². The van der Waals surface area contributed by atoms with Crippen molar-refractivity contribution in [1.29, 1.82) is 0 Å². The van der Waals surface area contributed by atoms with Crippen LogP contribution in [0.3, 0.4) is 0 Å². The summed E-state index contributed by atoms with van der Waals surface area (Å²) in [6, 6.07) is 0.277. The van der Waals surface area contributed by atoms with Crippen LogP contribution in [0.1, 0.15) is 45.4 Å². The lowest BCUT2D eigenvalue weighted by molar-refractivity contribution is -0.127. The molecule has 1 aromatic heterocycles. The standard InChI is InChI=1S/C22H35N5O3S2/c1-17(28)26-8-7-19(16-26)27(18-5-3-2-4-6-18)22(29)24-21-23-15-20(32-21)31-14-11-25-9-12-30-13-10-25/h15,18-19H,2-14,16H2,1H3,(H,23,24,29)/t19-/m1/s1. The number of ether oxygens (including phenoxy) is 1. The van der Waals surface area contributed by atoms with Crippen molar-refractivity contribution >= 4 is 40.2 Å². The van der Waals surface area contributed by atoms with Gasteiger partial charge in [-0.25, -0.2) is 9.78 Å². The molecule has 178 valence electrons. The third-order valence-corrected chi connectivity index (χ3v) is 8.75. The predicted octanol–water partition coefficient (Wildman–Crippen LogP) is 3.35. The Labute approximate surface area is 199 Å². The van der Waals surface area contributed by atoms with E-state index in [1.165, 1.54) is 19.3 Å². The number of amides is 3. The first-order valence-corrected chi connectivity index (χ1v) is 13.6. The van der Waals surface area contributed by atoms with Gasteiger partial charge in [0, 0.05) is 51.4 Å². The molecule has 1 saturated carbocycles. The molecule has 3 amide bonds. The van der Waals surface area contributed by atoms with Crippen molar-refractivity contribution in [1.82, 2.24) is 19.7 Å². The number of carbonyl (C=O) groups excluding carboxylic acids is 2. The van der Waals surface area contributed by atoms with E-state index in [2.05, 4.69) is 15.2 Å². The zero-order chi connectivity index (χ0) is 22.3. The van der Waals surface area contributed by atoms with Gasteiger partial charge in [0.05, 0.1) is 29.7 Å². The molecule has 0 radical (unpaired) electrons. The number of thioether (sulfide) groups is 1. The van der Waals surface area contributed by atoms with E-state index in [4.69, 9.17) is 4.74 Å². The molecule has 1 N–H and O–H groups in total. The van der Waals surface area contributed by atoms with Gasteiger partial charge in [-0.05, 0) is 19.3 Å². The summed E-state index contributed by atoms with van der Waals surface area (Å²) in [5, 5.41) is 3.73. The number of rotatable bonds is 7. The largest absolute Gasteiger partial charge is 0.379 e. The van der Waals surface area contributed by atoms with Gasteiger partial charge >= 0.3 is 6.03 Å². The molecule has 1 aromatic rings. The quantitative estimate of drug-likeness (QED) is 0.602. The van der Waals surface area contributed by atoms with Crippen molar-refractivity contribution < 1.29 is 14.3 Å². The Bertz CT molecular complexity index is 765. The summed E-state index contributed by atoms with van der Waals surface area (Å²) >= 11 is 3.34. The summed E-state index contributed by atoms with van der Waals surface area (Å²) in [6.45, 7) is 7.68. The summed E-state index contributed by atoms with van der Waals surface area (Å²) in [5.74, 6) is 1.10. The van der Waals surface area contributed by atoms with Crippen molar-refractivity contribution in [3.63, 3.8) is 0 Å². The number of urea groups is 1. The second-order valence-corrected chi connectivity index (χ2v) is 11.2. The molecular weight excluding hydrogens is 446 g/mol. The third kappa shape index (κ3) is 6.36. The molecule has 2 aliphatic heterocycles. The average molecular weight is 482 g/mol.